The van der Waals surface area contributed by atoms with Crippen LogP contribution < -0.4 is 4.90 Å². The number of carbonyl (C=O) groups excluding carboxylic acids is 1. The number of halogens is 4. The first kappa shape index (κ1) is 34.3. The van der Waals surface area contributed by atoms with Gasteiger partial charge in [-0.25, -0.2) is 4.39 Å². The molecule has 2 aromatic carbocycles. The molecule has 1 atom stereocenters. The molecule has 1 aliphatic rings. The second kappa shape index (κ2) is 16.0. The molecule has 1 aromatic heterocycles. The number of amides is 1. The number of rotatable bonds is 11. The van der Waals surface area contributed by atoms with Crippen molar-refractivity contribution < 1.29 is 31.0 Å². The molecule has 0 spiro atoms. The zero-order valence-electron chi connectivity index (χ0n) is 24.8. The standard InChI is InChI=1S/C23H23F4N5O2.C6H15NOS/c1-30-8-10-31(11-9-30)13-16-2-6-19(7-3-16)32(15-33)14-18-5-4-17(12-20(18)24)21-28-29-22(34-21)23(25,26)27;1-4-7(2)5-6-9(3)8/h2-7,12,15H,8-11,13-14H2,1H3;4-6H2,1-3H3. The highest BCUT2D eigenvalue weighted by atomic mass is 32.2. The Balaban J connectivity index is 0.000000489. The second-order valence-electron chi connectivity index (χ2n) is 10.4. The molecule has 0 aliphatic carbocycles. The summed E-state index contributed by atoms with van der Waals surface area (Å²) in [6, 6.07) is 11.3. The number of anilines is 1. The Kier molecular flexibility index (Phi) is 12.8. The van der Waals surface area contributed by atoms with Crippen molar-refractivity contribution in [3.05, 3.63) is 65.3 Å². The van der Waals surface area contributed by atoms with Crippen LogP contribution in [0, 0.1) is 5.82 Å². The average molecular weight is 627 g/mol. The van der Waals surface area contributed by atoms with Crippen LogP contribution in [-0.4, -0.2) is 101 Å². The molecule has 0 N–H and O–H groups in total. The van der Waals surface area contributed by atoms with Crippen LogP contribution in [0.2, 0.25) is 0 Å². The quantitative estimate of drug-likeness (QED) is 0.232. The highest BCUT2D eigenvalue weighted by Crippen LogP contribution is 2.31. The molecule has 1 fully saturated rings. The van der Waals surface area contributed by atoms with E-state index >= 15 is 0 Å². The molecular formula is C29H38F4N6O3S. The first-order valence-corrected chi connectivity index (χ1v) is 15.5. The number of benzene rings is 2. The Morgan fingerprint density at radius 2 is 1.74 bits per heavy atom. The van der Waals surface area contributed by atoms with E-state index in [0.29, 0.717) is 12.1 Å². The lowest BCUT2D eigenvalue weighted by Gasteiger charge is -2.32. The smallest absolute Gasteiger partial charge is 0.413 e. The van der Waals surface area contributed by atoms with Gasteiger partial charge in [-0.3, -0.25) is 13.9 Å². The third kappa shape index (κ3) is 10.8. The van der Waals surface area contributed by atoms with Gasteiger partial charge in [0.1, 0.15) is 5.82 Å². The molecule has 4 rings (SSSR count). The Morgan fingerprint density at radius 3 is 2.28 bits per heavy atom. The molecule has 0 saturated carbocycles. The van der Waals surface area contributed by atoms with Gasteiger partial charge in [0.15, 0.2) is 0 Å². The molecule has 14 heteroatoms. The molecule has 1 aliphatic heterocycles. The van der Waals surface area contributed by atoms with Crippen molar-refractivity contribution in [2.24, 2.45) is 0 Å². The maximum absolute atomic E-state index is 14.7. The maximum atomic E-state index is 14.7. The number of likely N-dealkylation sites (N-methyl/N-ethyl adjacent to an activating group) is 1. The van der Waals surface area contributed by atoms with Crippen LogP contribution in [-0.2, 0) is 34.9 Å². The number of piperazine rings is 1. The zero-order valence-corrected chi connectivity index (χ0v) is 25.6. The number of carbonyl (C=O) groups is 1. The van der Waals surface area contributed by atoms with Crippen LogP contribution in [0.1, 0.15) is 23.9 Å². The van der Waals surface area contributed by atoms with Crippen molar-refractivity contribution in [2.45, 2.75) is 26.2 Å². The van der Waals surface area contributed by atoms with E-state index < -0.39 is 34.6 Å². The molecule has 1 amide bonds. The van der Waals surface area contributed by atoms with Gasteiger partial charge in [-0.15, -0.1) is 10.2 Å². The second-order valence-corrected chi connectivity index (χ2v) is 11.9. The maximum Gasteiger partial charge on any atom is 0.470 e. The Labute approximate surface area is 251 Å². The summed E-state index contributed by atoms with van der Waals surface area (Å²) < 4.78 is 67.8. The number of alkyl halides is 3. The van der Waals surface area contributed by atoms with E-state index in [2.05, 4.69) is 43.3 Å². The molecule has 1 saturated heterocycles. The lowest BCUT2D eigenvalue weighted by Crippen LogP contribution is -2.43. The lowest BCUT2D eigenvalue weighted by atomic mass is 10.1. The summed E-state index contributed by atoms with van der Waals surface area (Å²) in [6.07, 6.45) is -2.44. The summed E-state index contributed by atoms with van der Waals surface area (Å²) in [7, 11) is 3.51. The van der Waals surface area contributed by atoms with Gasteiger partial charge in [-0.05, 0) is 50.5 Å². The van der Waals surface area contributed by atoms with Gasteiger partial charge in [0.2, 0.25) is 12.3 Å². The lowest BCUT2D eigenvalue weighted by molar-refractivity contribution is -0.156. The minimum Gasteiger partial charge on any atom is -0.413 e. The fourth-order valence-electron chi connectivity index (χ4n) is 4.14. The summed E-state index contributed by atoms with van der Waals surface area (Å²) in [5.74, 6) is -1.86. The summed E-state index contributed by atoms with van der Waals surface area (Å²) in [5, 5.41) is 6.27. The largest absolute Gasteiger partial charge is 0.470 e. The molecule has 9 nitrogen and oxygen atoms in total. The van der Waals surface area contributed by atoms with Gasteiger partial charge in [0.25, 0.3) is 0 Å². The van der Waals surface area contributed by atoms with E-state index in [0.717, 1.165) is 63.2 Å². The van der Waals surface area contributed by atoms with E-state index in [4.69, 9.17) is 0 Å². The van der Waals surface area contributed by atoms with E-state index in [1.54, 1.807) is 6.26 Å². The van der Waals surface area contributed by atoms with Crippen molar-refractivity contribution in [2.75, 3.05) is 70.3 Å². The van der Waals surface area contributed by atoms with E-state index in [1.807, 2.05) is 31.3 Å². The third-order valence-electron chi connectivity index (χ3n) is 7.01. The molecular weight excluding hydrogens is 588 g/mol. The third-order valence-corrected chi connectivity index (χ3v) is 7.76. The van der Waals surface area contributed by atoms with Crippen LogP contribution in [0.3, 0.4) is 0 Å². The van der Waals surface area contributed by atoms with Gasteiger partial charge in [-0.2, -0.15) is 13.2 Å². The Morgan fingerprint density at radius 1 is 1.07 bits per heavy atom. The van der Waals surface area contributed by atoms with Gasteiger partial charge in [0.05, 0.1) is 6.54 Å². The van der Waals surface area contributed by atoms with Crippen molar-refractivity contribution in [1.29, 1.82) is 0 Å². The minimum absolute atomic E-state index is 0.00941. The monoisotopic (exact) mass is 626 g/mol. The van der Waals surface area contributed by atoms with Crippen molar-refractivity contribution in [3.63, 3.8) is 0 Å². The Bertz CT molecular complexity index is 1330. The van der Waals surface area contributed by atoms with Crippen molar-refractivity contribution >= 4 is 22.9 Å². The van der Waals surface area contributed by atoms with E-state index in [9.17, 15) is 26.6 Å². The predicted octanol–water partition coefficient (Wildman–Crippen LogP) is 4.12. The fraction of sp³-hybridized carbons (Fsp3) is 0.483. The first-order chi connectivity index (χ1) is 20.4. The summed E-state index contributed by atoms with van der Waals surface area (Å²) in [4.78, 5) is 19.8. The van der Waals surface area contributed by atoms with Crippen molar-refractivity contribution in [3.8, 4) is 11.5 Å². The summed E-state index contributed by atoms with van der Waals surface area (Å²) in [6.45, 7) is 8.89. The highest BCUT2D eigenvalue weighted by molar-refractivity contribution is 7.84. The SMILES string of the molecule is CCN(C)CCS(C)=O.CN1CCN(Cc2ccc(N(C=O)Cc3ccc(-c4nnc(C(F)(F)F)o4)cc3F)cc2)CC1. The normalized spacial score (nSPS) is 15.2. The highest BCUT2D eigenvalue weighted by Gasteiger charge is 2.38. The van der Waals surface area contributed by atoms with Gasteiger partial charge in [0, 0.05) is 78.9 Å². The number of hydrogen-bond donors (Lipinski definition) is 0. The molecule has 0 radical (unpaired) electrons. The van der Waals surface area contributed by atoms with Gasteiger partial charge < -0.3 is 19.1 Å². The fourth-order valence-corrected chi connectivity index (χ4v) is 4.70. The summed E-state index contributed by atoms with van der Waals surface area (Å²) >= 11 is 0. The van der Waals surface area contributed by atoms with E-state index in [-0.39, 0.29) is 17.7 Å². The number of aromatic nitrogens is 2. The topological polar surface area (TPSA) is 86.0 Å². The van der Waals surface area contributed by atoms with Crippen LogP contribution in [0.4, 0.5) is 23.2 Å². The van der Waals surface area contributed by atoms with Crippen LogP contribution in [0.5, 0.6) is 0 Å². The molecule has 2 heterocycles. The van der Waals surface area contributed by atoms with Crippen molar-refractivity contribution in [1.82, 2.24) is 24.9 Å². The average Bonchev–Trinajstić information content (AvgIpc) is 3.49. The van der Waals surface area contributed by atoms with Crippen LogP contribution in [0.25, 0.3) is 11.5 Å². The number of nitrogens with zero attached hydrogens (tertiary/aromatic N) is 6. The molecule has 3 aromatic rings. The predicted molar refractivity (Wildman–Crippen MR) is 158 cm³/mol. The Hall–Kier alpha value is -3.20. The van der Waals surface area contributed by atoms with Gasteiger partial charge >= 0.3 is 12.1 Å². The molecule has 0 bridgehead atoms. The van der Waals surface area contributed by atoms with Crippen LogP contribution in [0.15, 0.2) is 46.9 Å². The zero-order chi connectivity index (χ0) is 31.6. The first-order valence-electron chi connectivity index (χ1n) is 13.8. The molecule has 43 heavy (non-hydrogen) atoms. The number of hydrogen-bond acceptors (Lipinski definition) is 8. The van der Waals surface area contributed by atoms with Crippen LogP contribution >= 0.6 is 0 Å². The summed E-state index contributed by atoms with van der Waals surface area (Å²) in [5.41, 5.74) is 1.92. The van der Waals surface area contributed by atoms with Gasteiger partial charge in [-0.1, -0.05) is 25.1 Å². The molecule has 236 valence electrons. The minimum atomic E-state index is -4.78. The molecule has 1 unspecified atom stereocenters. The van der Waals surface area contributed by atoms with E-state index in [1.165, 1.54) is 17.0 Å².